The molecule has 1 N–H and O–H groups in total. The van der Waals surface area contributed by atoms with Gasteiger partial charge in [0.2, 0.25) is 5.91 Å². The van der Waals surface area contributed by atoms with E-state index in [-0.39, 0.29) is 11.3 Å². The summed E-state index contributed by atoms with van der Waals surface area (Å²) in [5.41, 5.74) is -0.290. The molecule has 1 unspecified atom stereocenters. The average molecular weight is 276 g/mol. The lowest BCUT2D eigenvalue weighted by Crippen LogP contribution is -2.50. The first-order valence-corrected chi connectivity index (χ1v) is 7.59. The van der Waals surface area contributed by atoms with Crippen LogP contribution in [0, 0.1) is 11.3 Å². The van der Waals surface area contributed by atoms with E-state index in [1.807, 2.05) is 17.3 Å². The molecule has 0 spiro atoms. The molecule has 5 nitrogen and oxygen atoms in total. The van der Waals surface area contributed by atoms with Crippen molar-refractivity contribution in [1.29, 1.82) is 0 Å². The zero-order valence-corrected chi connectivity index (χ0v) is 12.4. The molecule has 1 aromatic rings. The van der Waals surface area contributed by atoms with Gasteiger partial charge in [-0.2, -0.15) is 0 Å². The Balaban J connectivity index is 1.72. The highest BCUT2D eigenvalue weighted by atomic mass is 16.2. The van der Waals surface area contributed by atoms with Crippen LogP contribution in [0.1, 0.15) is 32.5 Å². The second-order valence-electron chi connectivity index (χ2n) is 6.53. The molecule has 20 heavy (non-hydrogen) atoms. The van der Waals surface area contributed by atoms with E-state index in [9.17, 15) is 4.79 Å². The quantitative estimate of drug-likeness (QED) is 0.884. The first kappa shape index (κ1) is 13.6. The van der Waals surface area contributed by atoms with Gasteiger partial charge in [0.05, 0.1) is 6.54 Å². The van der Waals surface area contributed by atoms with Crippen LogP contribution in [0.15, 0.2) is 12.4 Å². The number of carbonyl (C=O) groups excluding carboxylic acids is 1. The van der Waals surface area contributed by atoms with Gasteiger partial charge in [-0.1, -0.05) is 13.8 Å². The highest BCUT2D eigenvalue weighted by Gasteiger charge is 2.40. The molecule has 0 bridgehead atoms. The molecule has 3 heterocycles. The van der Waals surface area contributed by atoms with Crippen molar-refractivity contribution in [2.75, 3.05) is 19.6 Å². The number of carbonyl (C=O) groups is 1. The number of imidazole rings is 1. The monoisotopic (exact) mass is 276 g/mol. The summed E-state index contributed by atoms with van der Waals surface area (Å²) in [4.78, 5) is 19.2. The molecule has 110 valence electrons. The number of rotatable bonds is 2. The van der Waals surface area contributed by atoms with Crippen LogP contribution in [0.5, 0.6) is 0 Å². The molecular formula is C15H24N4O. The van der Waals surface area contributed by atoms with Gasteiger partial charge in [-0.3, -0.25) is 4.79 Å². The summed E-state index contributed by atoms with van der Waals surface area (Å²) < 4.78 is 2.14. The number of piperidine rings is 1. The Hall–Kier alpha value is -1.36. The third-order valence-electron chi connectivity index (χ3n) is 4.90. The summed E-state index contributed by atoms with van der Waals surface area (Å²) >= 11 is 0. The molecule has 1 saturated heterocycles. The third-order valence-corrected chi connectivity index (χ3v) is 4.90. The zero-order valence-electron chi connectivity index (χ0n) is 12.4. The highest BCUT2D eigenvalue weighted by molar-refractivity contribution is 5.82. The fourth-order valence-corrected chi connectivity index (χ4v) is 3.40. The lowest BCUT2D eigenvalue weighted by Gasteiger charge is -2.40. The lowest BCUT2D eigenvalue weighted by atomic mass is 9.74. The van der Waals surface area contributed by atoms with Crippen molar-refractivity contribution < 1.29 is 4.79 Å². The maximum Gasteiger partial charge on any atom is 0.229 e. The average Bonchev–Trinajstić information content (AvgIpc) is 2.94. The molecule has 1 amide bonds. The molecule has 1 aromatic heterocycles. The fourth-order valence-electron chi connectivity index (χ4n) is 3.40. The van der Waals surface area contributed by atoms with Crippen molar-refractivity contribution in [2.45, 2.75) is 39.8 Å². The van der Waals surface area contributed by atoms with Gasteiger partial charge in [-0.25, -0.2) is 4.98 Å². The number of nitrogens with zero attached hydrogens (tertiary/aromatic N) is 3. The molecule has 1 atom stereocenters. The van der Waals surface area contributed by atoms with Crippen LogP contribution < -0.4 is 5.32 Å². The van der Waals surface area contributed by atoms with Crippen molar-refractivity contribution in [3.63, 3.8) is 0 Å². The van der Waals surface area contributed by atoms with Crippen LogP contribution in [0.4, 0.5) is 0 Å². The Bertz CT molecular complexity index is 488. The van der Waals surface area contributed by atoms with E-state index in [1.54, 1.807) is 0 Å². The predicted octanol–water partition coefficient (Wildman–Crippen LogP) is 1.25. The molecule has 0 aromatic carbocycles. The Morgan fingerprint density at radius 3 is 3.05 bits per heavy atom. The van der Waals surface area contributed by atoms with E-state index in [0.717, 1.165) is 38.4 Å². The number of aromatic nitrogens is 2. The van der Waals surface area contributed by atoms with Crippen molar-refractivity contribution in [3.8, 4) is 0 Å². The van der Waals surface area contributed by atoms with Gasteiger partial charge >= 0.3 is 0 Å². The number of fused-ring (bicyclic) bond motifs is 1. The second kappa shape index (κ2) is 5.20. The van der Waals surface area contributed by atoms with Crippen LogP contribution in [0.25, 0.3) is 0 Å². The molecule has 0 aliphatic carbocycles. The molecule has 1 fully saturated rings. The summed E-state index contributed by atoms with van der Waals surface area (Å²) in [6.45, 7) is 8.56. The van der Waals surface area contributed by atoms with Gasteiger partial charge < -0.3 is 14.8 Å². The first-order valence-electron chi connectivity index (χ1n) is 7.59. The Labute approximate surface area is 120 Å². The van der Waals surface area contributed by atoms with Gasteiger partial charge in [0.1, 0.15) is 5.82 Å². The maximum atomic E-state index is 12.9. The number of amides is 1. The zero-order chi connectivity index (χ0) is 14.2. The van der Waals surface area contributed by atoms with Gasteiger partial charge in [0.15, 0.2) is 0 Å². The van der Waals surface area contributed by atoms with Crippen molar-refractivity contribution in [1.82, 2.24) is 19.8 Å². The van der Waals surface area contributed by atoms with Crippen LogP contribution in [-0.4, -0.2) is 40.0 Å². The maximum absolute atomic E-state index is 12.9. The van der Waals surface area contributed by atoms with Crippen LogP contribution in [-0.2, 0) is 17.9 Å². The summed E-state index contributed by atoms with van der Waals surface area (Å²) in [6.07, 6.45) is 6.13. The van der Waals surface area contributed by atoms with E-state index in [1.165, 1.54) is 6.42 Å². The molecular weight excluding hydrogens is 252 g/mol. The minimum absolute atomic E-state index is 0.278. The van der Waals surface area contributed by atoms with Crippen LogP contribution in [0.2, 0.25) is 0 Å². The highest BCUT2D eigenvalue weighted by Crippen LogP contribution is 2.34. The van der Waals surface area contributed by atoms with Crippen molar-refractivity contribution in [2.24, 2.45) is 11.3 Å². The normalized spacial score (nSPS) is 23.5. The Kier molecular flexibility index (Phi) is 3.54. The Morgan fingerprint density at radius 1 is 1.45 bits per heavy atom. The number of hydrogen-bond donors (Lipinski definition) is 1. The summed E-state index contributed by atoms with van der Waals surface area (Å²) in [5, 5.41) is 3.42. The smallest absolute Gasteiger partial charge is 0.229 e. The summed E-state index contributed by atoms with van der Waals surface area (Å²) in [7, 11) is 0. The van der Waals surface area contributed by atoms with E-state index < -0.39 is 0 Å². The van der Waals surface area contributed by atoms with E-state index >= 15 is 0 Å². The fraction of sp³-hybridized carbons (Fsp3) is 0.733. The van der Waals surface area contributed by atoms with Crippen molar-refractivity contribution >= 4 is 5.91 Å². The molecule has 5 heteroatoms. The topological polar surface area (TPSA) is 50.2 Å². The van der Waals surface area contributed by atoms with Gasteiger partial charge in [-0.15, -0.1) is 0 Å². The van der Waals surface area contributed by atoms with Gasteiger partial charge in [-0.05, 0) is 31.8 Å². The molecule has 2 aliphatic rings. The van der Waals surface area contributed by atoms with Gasteiger partial charge in [0, 0.05) is 30.9 Å². The molecule has 3 rings (SSSR count). The first-order chi connectivity index (χ1) is 9.59. The van der Waals surface area contributed by atoms with Crippen LogP contribution in [0.3, 0.4) is 0 Å². The lowest BCUT2D eigenvalue weighted by molar-refractivity contribution is -0.145. The van der Waals surface area contributed by atoms with Crippen molar-refractivity contribution in [3.05, 3.63) is 18.2 Å². The predicted molar refractivity (Wildman–Crippen MR) is 77.0 cm³/mol. The minimum Gasteiger partial charge on any atom is -0.333 e. The molecule has 0 radical (unpaired) electrons. The van der Waals surface area contributed by atoms with E-state index in [0.29, 0.717) is 12.5 Å². The largest absolute Gasteiger partial charge is 0.333 e. The molecule has 2 aliphatic heterocycles. The second-order valence-corrected chi connectivity index (χ2v) is 6.53. The van der Waals surface area contributed by atoms with E-state index in [4.69, 9.17) is 0 Å². The summed E-state index contributed by atoms with van der Waals surface area (Å²) in [5.74, 6) is 1.72. The SMILES string of the molecule is CC(C)(C(=O)N1CCn2ccnc2C1)C1CCCNC1. The standard InChI is InChI=1S/C15H24N4O/c1-15(2,12-4-3-5-16-10-12)14(20)19-9-8-18-7-6-17-13(18)11-19/h6-7,12,16H,3-5,8-11H2,1-2H3. The molecule has 0 saturated carbocycles. The van der Waals surface area contributed by atoms with E-state index in [2.05, 4.69) is 28.7 Å². The summed E-state index contributed by atoms with van der Waals surface area (Å²) in [6, 6.07) is 0. The minimum atomic E-state index is -0.290. The Morgan fingerprint density at radius 2 is 2.30 bits per heavy atom. The number of nitrogens with one attached hydrogen (secondary N) is 1. The number of hydrogen-bond acceptors (Lipinski definition) is 3. The van der Waals surface area contributed by atoms with Gasteiger partial charge in [0.25, 0.3) is 0 Å². The third kappa shape index (κ3) is 2.35. The van der Waals surface area contributed by atoms with Crippen LogP contribution >= 0.6 is 0 Å².